The van der Waals surface area contributed by atoms with E-state index in [4.69, 9.17) is 0 Å². The van der Waals surface area contributed by atoms with Gasteiger partial charge in [-0.15, -0.1) is 0 Å². The predicted molar refractivity (Wildman–Crippen MR) is 73.0 cm³/mol. The average Bonchev–Trinajstić information content (AvgIpc) is 2.81. The summed E-state index contributed by atoms with van der Waals surface area (Å²) in [5.41, 5.74) is 2.30. The van der Waals surface area contributed by atoms with Crippen molar-refractivity contribution in [2.24, 2.45) is 0 Å². The highest BCUT2D eigenvalue weighted by molar-refractivity contribution is 7.07. The van der Waals surface area contributed by atoms with E-state index in [0.717, 1.165) is 11.1 Å². The van der Waals surface area contributed by atoms with Crippen LogP contribution in [0.5, 0.6) is 5.75 Å². The maximum atomic E-state index is 12.0. The van der Waals surface area contributed by atoms with Crippen molar-refractivity contribution in [2.45, 2.75) is 19.9 Å². The maximum absolute atomic E-state index is 12.0. The van der Waals surface area contributed by atoms with E-state index < -0.39 is 0 Å². The number of hydrogen-bond donors (Lipinski definition) is 2. The van der Waals surface area contributed by atoms with E-state index in [0.29, 0.717) is 5.56 Å². The van der Waals surface area contributed by atoms with Crippen molar-refractivity contribution in [3.63, 3.8) is 0 Å². The first-order chi connectivity index (χ1) is 8.58. The summed E-state index contributed by atoms with van der Waals surface area (Å²) >= 11 is 1.60. The van der Waals surface area contributed by atoms with Gasteiger partial charge in [0, 0.05) is 0 Å². The van der Waals surface area contributed by atoms with E-state index in [-0.39, 0.29) is 17.7 Å². The predicted octanol–water partition coefficient (Wildman–Crippen LogP) is 3.25. The van der Waals surface area contributed by atoms with E-state index in [9.17, 15) is 9.90 Å². The molecule has 0 bridgehead atoms. The van der Waals surface area contributed by atoms with Crippen LogP contribution >= 0.6 is 11.3 Å². The molecule has 0 aliphatic rings. The first-order valence-electron chi connectivity index (χ1n) is 5.70. The van der Waals surface area contributed by atoms with Crippen LogP contribution in [0.3, 0.4) is 0 Å². The van der Waals surface area contributed by atoms with Gasteiger partial charge in [-0.2, -0.15) is 11.3 Å². The highest BCUT2D eigenvalue weighted by atomic mass is 32.1. The number of aryl methyl sites for hydroxylation is 1. The molecule has 4 heteroatoms. The normalized spacial score (nSPS) is 12.1. The zero-order valence-corrected chi connectivity index (χ0v) is 11.1. The van der Waals surface area contributed by atoms with Gasteiger partial charge in [0.1, 0.15) is 5.75 Å². The second kappa shape index (κ2) is 5.23. The summed E-state index contributed by atoms with van der Waals surface area (Å²) in [7, 11) is 0. The molecule has 1 heterocycles. The van der Waals surface area contributed by atoms with E-state index >= 15 is 0 Å². The number of carbonyl (C=O) groups excluding carboxylic acids is 1. The lowest BCUT2D eigenvalue weighted by molar-refractivity contribution is 0.0937. The minimum absolute atomic E-state index is 0.0185. The Balaban J connectivity index is 2.12. The van der Waals surface area contributed by atoms with Crippen LogP contribution < -0.4 is 5.32 Å². The van der Waals surface area contributed by atoms with Gasteiger partial charge in [0.15, 0.2) is 0 Å². The fraction of sp³-hybridized carbons (Fsp3) is 0.214. The average molecular weight is 261 g/mol. The number of phenols is 1. The van der Waals surface area contributed by atoms with Crippen LogP contribution in [0.2, 0.25) is 0 Å². The number of amides is 1. The maximum Gasteiger partial charge on any atom is 0.255 e. The van der Waals surface area contributed by atoms with Crippen LogP contribution in [0.4, 0.5) is 0 Å². The third-order valence-electron chi connectivity index (χ3n) is 2.79. The Morgan fingerprint density at radius 2 is 2.17 bits per heavy atom. The molecule has 2 aromatic rings. The Hall–Kier alpha value is -1.81. The lowest BCUT2D eigenvalue weighted by Crippen LogP contribution is -2.26. The topological polar surface area (TPSA) is 49.3 Å². The molecule has 0 aliphatic carbocycles. The number of aromatic hydroxyl groups is 1. The van der Waals surface area contributed by atoms with Gasteiger partial charge in [-0.1, -0.05) is 6.07 Å². The molecule has 1 aromatic heterocycles. The van der Waals surface area contributed by atoms with Gasteiger partial charge >= 0.3 is 0 Å². The van der Waals surface area contributed by atoms with Crippen LogP contribution in [0.15, 0.2) is 35.0 Å². The van der Waals surface area contributed by atoms with Gasteiger partial charge in [-0.3, -0.25) is 4.79 Å². The Morgan fingerprint density at radius 1 is 1.39 bits per heavy atom. The second-order valence-corrected chi connectivity index (χ2v) is 5.05. The van der Waals surface area contributed by atoms with Crippen LogP contribution in [-0.2, 0) is 0 Å². The Morgan fingerprint density at radius 3 is 2.78 bits per heavy atom. The van der Waals surface area contributed by atoms with Crippen molar-refractivity contribution in [3.8, 4) is 5.75 Å². The van der Waals surface area contributed by atoms with Gasteiger partial charge < -0.3 is 10.4 Å². The minimum atomic E-state index is -0.258. The zero-order valence-electron chi connectivity index (χ0n) is 10.3. The standard InChI is InChI=1S/C14H15NO2S/c1-9-3-4-12(13(16)7-9)14(17)15-10(2)11-5-6-18-8-11/h3-8,10,16H,1-2H3,(H,15,17). The first-order valence-corrected chi connectivity index (χ1v) is 6.65. The van der Waals surface area contributed by atoms with Gasteiger partial charge in [-0.05, 0) is 53.9 Å². The van der Waals surface area contributed by atoms with E-state index in [1.165, 1.54) is 0 Å². The van der Waals surface area contributed by atoms with E-state index in [1.54, 1.807) is 23.5 Å². The van der Waals surface area contributed by atoms with E-state index in [2.05, 4.69) is 5.32 Å². The minimum Gasteiger partial charge on any atom is -0.507 e. The molecule has 2 rings (SSSR count). The second-order valence-electron chi connectivity index (χ2n) is 4.27. The summed E-state index contributed by atoms with van der Waals surface area (Å²) < 4.78 is 0. The summed E-state index contributed by atoms with van der Waals surface area (Å²) in [5.74, 6) is -0.240. The quantitative estimate of drug-likeness (QED) is 0.891. The fourth-order valence-corrected chi connectivity index (χ4v) is 2.47. The molecule has 18 heavy (non-hydrogen) atoms. The number of hydrogen-bond acceptors (Lipinski definition) is 3. The Bertz CT molecular complexity index is 549. The molecule has 0 radical (unpaired) electrons. The smallest absolute Gasteiger partial charge is 0.255 e. The number of benzene rings is 1. The molecule has 1 aromatic carbocycles. The zero-order chi connectivity index (χ0) is 13.1. The van der Waals surface area contributed by atoms with Crippen LogP contribution in [-0.4, -0.2) is 11.0 Å². The number of carbonyl (C=O) groups is 1. The van der Waals surface area contributed by atoms with Crippen molar-refractivity contribution in [3.05, 3.63) is 51.7 Å². The monoisotopic (exact) mass is 261 g/mol. The number of rotatable bonds is 3. The third kappa shape index (κ3) is 2.71. The molecule has 94 valence electrons. The lowest BCUT2D eigenvalue weighted by atomic mass is 10.1. The van der Waals surface area contributed by atoms with Crippen molar-refractivity contribution < 1.29 is 9.90 Å². The molecule has 1 amide bonds. The van der Waals surface area contributed by atoms with Crippen molar-refractivity contribution in [1.82, 2.24) is 5.32 Å². The Labute approximate surface area is 110 Å². The molecule has 0 spiro atoms. The molecule has 0 fully saturated rings. The molecule has 1 unspecified atom stereocenters. The van der Waals surface area contributed by atoms with Gasteiger partial charge in [-0.25, -0.2) is 0 Å². The molecule has 2 N–H and O–H groups in total. The van der Waals surface area contributed by atoms with Crippen LogP contribution in [0.25, 0.3) is 0 Å². The SMILES string of the molecule is Cc1ccc(C(=O)NC(C)c2ccsc2)c(O)c1. The fourth-order valence-electron chi connectivity index (χ4n) is 1.71. The third-order valence-corrected chi connectivity index (χ3v) is 3.49. The molecular formula is C14H15NO2S. The summed E-state index contributed by atoms with van der Waals surface area (Å²) in [5, 5.41) is 16.6. The summed E-state index contributed by atoms with van der Waals surface area (Å²) in [6.45, 7) is 3.79. The molecule has 0 saturated carbocycles. The van der Waals surface area contributed by atoms with Crippen LogP contribution in [0, 0.1) is 6.92 Å². The molecule has 0 aliphatic heterocycles. The first kappa shape index (κ1) is 12.6. The molecule has 0 saturated heterocycles. The summed E-state index contributed by atoms with van der Waals surface area (Å²) in [4.78, 5) is 12.0. The van der Waals surface area contributed by atoms with Crippen LogP contribution in [0.1, 0.15) is 34.5 Å². The highest BCUT2D eigenvalue weighted by Crippen LogP contribution is 2.20. The number of thiophene rings is 1. The Kier molecular flexibility index (Phi) is 3.67. The van der Waals surface area contributed by atoms with Gasteiger partial charge in [0.2, 0.25) is 0 Å². The van der Waals surface area contributed by atoms with Gasteiger partial charge in [0.25, 0.3) is 5.91 Å². The van der Waals surface area contributed by atoms with Crippen molar-refractivity contribution in [2.75, 3.05) is 0 Å². The number of phenolic OH excluding ortho intramolecular Hbond substituents is 1. The summed E-state index contributed by atoms with van der Waals surface area (Å²) in [6, 6.07) is 6.95. The highest BCUT2D eigenvalue weighted by Gasteiger charge is 2.14. The van der Waals surface area contributed by atoms with Gasteiger partial charge in [0.05, 0.1) is 11.6 Å². The molecule has 1 atom stereocenters. The molecular weight excluding hydrogens is 246 g/mol. The lowest BCUT2D eigenvalue weighted by Gasteiger charge is -2.13. The van der Waals surface area contributed by atoms with E-state index in [1.807, 2.05) is 36.7 Å². The van der Waals surface area contributed by atoms with Crippen molar-refractivity contribution in [1.29, 1.82) is 0 Å². The summed E-state index contributed by atoms with van der Waals surface area (Å²) in [6.07, 6.45) is 0. The largest absolute Gasteiger partial charge is 0.507 e. The number of nitrogens with one attached hydrogen (secondary N) is 1. The van der Waals surface area contributed by atoms with Crippen molar-refractivity contribution >= 4 is 17.2 Å². The molecule has 3 nitrogen and oxygen atoms in total.